The van der Waals surface area contributed by atoms with Crippen molar-refractivity contribution >= 4 is 10.0 Å². The minimum Gasteiger partial charge on any atom is -0.393 e. The molecule has 0 saturated heterocycles. The summed E-state index contributed by atoms with van der Waals surface area (Å²) in [6.45, 7) is 6.14. The second-order valence-corrected chi connectivity index (χ2v) is 7.35. The van der Waals surface area contributed by atoms with E-state index in [-0.39, 0.29) is 10.7 Å². The van der Waals surface area contributed by atoms with Crippen molar-refractivity contribution in [1.82, 2.24) is 4.72 Å². The number of hydrogen-bond acceptors (Lipinski definition) is 3. The maximum atomic E-state index is 11.4. The van der Waals surface area contributed by atoms with Crippen LogP contribution in [-0.4, -0.2) is 31.4 Å². The van der Waals surface area contributed by atoms with E-state index in [0.29, 0.717) is 13.0 Å². The third kappa shape index (κ3) is 4.09. The van der Waals surface area contributed by atoms with Gasteiger partial charge in [-0.2, -0.15) is 0 Å². The molecule has 0 amide bonds. The number of hydrogen-bond donors (Lipinski definition) is 2. The van der Waals surface area contributed by atoms with Gasteiger partial charge in [-0.1, -0.05) is 20.8 Å². The molecule has 0 aromatic carbocycles. The van der Waals surface area contributed by atoms with E-state index >= 15 is 0 Å². The lowest BCUT2D eigenvalue weighted by molar-refractivity contribution is 0.0571. The molecule has 0 heterocycles. The molecule has 4 nitrogen and oxygen atoms in total. The third-order valence-electron chi connectivity index (χ3n) is 2.68. The first-order valence-corrected chi connectivity index (χ1v) is 6.94. The van der Waals surface area contributed by atoms with E-state index in [1.54, 1.807) is 0 Å². The topological polar surface area (TPSA) is 66.4 Å². The minimum absolute atomic E-state index is 0.177. The summed E-state index contributed by atoms with van der Waals surface area (Å²) in [4.78, 5) is 0. The first-order valence-electron chi connectivity index (χ1n) is 5.40. The van der Waals surface area contributed by atoms with Crippen LogP contribution in [0.4, 0.5) is 0 Å². The first kappa shape index (κ1) is 12.9. The van der Waals surface area contributed by atoms with Crippen LogP contribution < -0.4 is 4.72 Å². The molecule has 2 N–H and O–H groups in total. The Labute approximate surface area is 92.1 Å². The van der Waals surface area contributed by atoms with Gasteiger partial charge in [0, 0.05) is 6.54 Å². The Kier molecular flexibility index (Phi) is 3.79. The van der Waals surface area contributed by atoms with Crippen molar-refractivity contribution in [3.63, 3.8) is 0 Å². The molecular weight excluding hydrogens is 214 g/mol. The molecule has 0 unspecified atom stereocenters. The summed E-state index contributed by atoms with van der Waals surface area (Å²) in [6.07, 6.45) is 1.54. The van der Waals surface area contributed by atoms with Crippen LogP contribution in [0.15, 0.2) is 0 Å². The molecule has 0 spiro atoms. The molecule has 0 radical (unpaired) electrons. The third-order valence-corrected chi connectivity index (χ3v) is 4.64. The Morgan fingerprint density at radius 2 is 1.93 bits per heavy atom. The lowest BCUT2D eigenvalue weighted by Crippen LogP contribution is -2.34. The van der Waals surface area contributed by atoms with E-state index in [9.17, 15) is 13.5 Å². The van der Waals surface area contributed by atoms with E-state index in [4.69, 9.17) is 0 Å². The van der Waals surface area contributed by atoms with Gasteiger partial charge < -0.3 is 5.11 Å². The second kappa shape index (κ2) is 4.39. The van der Waals surface area contributed by atoms with Crippen LogP contribution in [0.25, 0.3) is 0 Å². The van der Waals surface area contributed by atoms with Crippen molar-refractivity contribution in [2.75, 3.05) is 6.54 Å². The molecule has 5 heteroatoms. The Bertz CT molecular complexity index is 301. The predicted octanol–water partition coefficient (Wildman–Crippen LogP) is 0.865. The van der Waals surface area contributed by atoms with Gasteiger partial charge in [0.1, 0.15) is 0 Å². The Hall–Kier alpha value is -0.130. The molecule has 1 atom stereocenters. The SMILES string of the molecule is CC(C)(C)[C@@H](O)CCNS(=O)(=O)C1CC1. The maximum Gasteiger partial charge on any atom is 0.214 e. The van der Waals surface area contributed by atoms with E-state index in [1.807, 2.05) is 20.8 Å². The largest absolute Gasteiger partial charge is 0.393 e. The number of sulfonamides is 1. The van der Waals surface area contributed by atoms with Crippen LogP contribution >= 0.6 is 0 Å². The summed E-state index contributed by atoms with van der Waals surface area (Å²) in [7, 11) is -3.09. The molecule has 1 aliphatic carbocycles. The fraction of sp³-hybridized carbons (Fsp3) is 1.00. The predicted molar refractivity (Wildman–Crippen MR) is 60.0 cm³/mol. The van der Waals surface area contributed by atoms with Crippen molar-refractivity contribution < 1.29 is 13.5 Å². The van der Waals surface area contributed by atoms with Crippen LogP contribution in [0, 0.1) is 5.41 Å². The first-order chi connectivity index (χ1) is 6.73. The highest BCUT2D eigenvalue weighted by Crippen LogP contribution is 2.27. The summed E-state index contributed by atoms with van der Waals surface area (Å²) in [5, 5.41) is 9.53. The molecule has 0 aromatic heterocycles. The molecule has 0 aromatic rings. The average Bonchev–Trinajstić information content (AvgIpc) is 2.83. The highest BCUT2D eigenvalue weighted by molar-refractivity contribution is 7.90. The molecule has 1 aliphatic rings. The average molecular weight is 235 g/mol. The van der Waals surface area contributed by atoms with E-state index in [0.717, 1.165) is 12.8 Å². The molecule has 1 rings (SSSR count). The van der Waals surface area contributed by atoms with Gasteiger partial charge in [-0.15, -0.1) is 0 Å². The van der Waals surface area contributed by atoms with Gasteiger partial charge in [0.05, 0.1) is 11.4 Å². The fourth-order valence-corrected chi connectivity index (χ4v) is 2.66. The number of aliphatic hydroxyl groups excluding tert-OH is 1. The summed E-state index contributed by atoms with van der Waals surface area (Å²) in [6, 6.07) is 0. The van der Waals surface area contributed by atoms with Gasteiger partial charge in [-0.05, 0) is 24.7 Å². The summed E-state index contributed by atoms with van der Waals surface area (Å²) in [5.74, 6) is 0. The van der Waals surface area contributed by atoms with Gasteiger partial charge in [-0.25, -0.2) is 13.1 Å². The van der Waals surface area contributed by atoms with E-state index < -0.39 is 16.1 Å². The number of rotatable bonds is 5. The van der Waals surface area contributed by atoms with Crippen LogP contribution in [-0.2, 0) is 10.0 Å². The Morgan fingerprint density at radius 1 is 1.40 bits per heavy atom. The fourth-order valence-electron chi connectivity index (χ4n) is 1.27. The molecule has 90 valence electrons. The Morgan fingerprint density at radius 3 is 2.33 bits per heavy atom. The Balaban J connectivity index is 2.27. The summed E-state index contributed by atoms with van der Waals surface area (Å²) in [5.41, 5.74) is -0.189. The summed E-state index contributed by atoms with van der Waals surface area (Å²) >= 11 is 0. The second-order valence-electron chi connectivity index (χ2n) is 5.31. The summed E-state index contributed by atoms with van der Waals surface area (Å²) < 4.78 is 25.4. The maximum absolute atomic E-state index is 11.4. The van der Waals surface area contributed by atoms with Crippen LogP contribution in [0.5, 0.6) is 0 Å². The number of nitrogens with one attached hydrogen (secondary N) is 1. The van der Waals surface area contributed by atoms with E-state index in [2.05, 4.69) is 4.72 Å². The van der Waals surface area contributed by atoms with Crippen LogP contribution in [0.1, 0.15) is 40.0 Å². The van der Waals surface area contributed by atoms with Crippen molar-refractivity contribution in [2.24, 2.45) is 5.41 Å². The molecule has 0 aliphatic heterocycles. The van der Waals surface area contributed by atoms with Gasteiger partial charge in [-0.3, -0.25) is 0 Å². The monoisotopic (exact) mass is 235 g/mol. The molecule has 1 fully saturated rings. The van der Waals surface area contributed by atoms with Gasteiger partial charge >= 0.3 is 0 Å². The molecular formula is C10H21NO3S. The van der Waals surface area contributed by atoms with Crippen molar-refractivity contribution in [3.05, 3.63) is 0 Å². The zero-order chi connectivity index (χ0) is 11.7. The molecule has 1 saturated carbocycles. The van der Waals surface area contributed by atoms with Gasteiger partial charge in [0.25, 0.3) is 0 Å². The van der Waals surface area contributed by atoms with Gasteiger partial charge in [0.2, 0.25) is 10.0 Å². The highest BCUT2D eigenvalue weighted by Gasteiger charge is 2.35. The smallest absolute Gasteiger partial charge is 0.214 e. The van der Waals surface area contributed by atoms with E-state index in [1.165, 1.54) is 0 Å². The number of aliphatic hydroxyl groups is 1. The zero-order valence-electron chi connectivity index (χ0n) is 9.66. The zero-order valence-corrected chi connectivity index (χ0v) is 10.5. The van der Waals surface area contributed by atoms with Crippen molar-refractivity contribution in [3.8, 4) is 0 Å². The molecule has 15 heavy (non-hydrogen) atoms. The van der Waals surface area contributed by atoms with Crippen molar-refractivity contribution in [1.29, 1.82) is 0 Å². The lowest BCUT2D eigenvalue weighted by Gasteiger charge is -2.25. The highest BCUT2D eigenvalue weighted by atomic mass is 32.2. The minimum atomic E-state index is -3.09. The molecule has 0 bridgehead atoms. The van der Waals surface area contributed by atoms with Crippen LogP contribution in [0.2, 0.25) is 0 Å². The van der Waals surface area contributed by atoms with Crippen LogP contribution in [0.3, 0.4) is 0 Å². The lowest BCUT2D eigenvalue weighted by atomic mass is 9.87. The van der Waals surface area contributed by atoms with Crippen molar-refractivity contribution in [2.45, 2.75) is 51.4 Å². The standard InChI is InChI=1S/C10H21NO3S/c1-10(2,3)9(12)6-7-11-15(13,14)8-4-5-8/h8-9,11-12H,4-7H2,1-3H3/t9-/m0/s1. The van der Waals surface area contributed by atoms with Gasteiger partial charge in [0.15, 0.2) is 0 Å². The quantitative estimate of drug-likeness (QED) is 0.743. The normalized spacial score (nSPS) is 20.3.